The van der Waals surface area contributed by atoms with Gasteiger partial charge in [0, 0.05) is 0 Å². The molecule has 0 unspecified atom stereocenters. The quantitative estimate of drug-likeness (QED) is 0.213. The minimum Gasteiger partial charge on any atom is -0.356 e. The van der Waals surface area contributed by atoms with Crippen molar-refractivity contribution in [3.05, 3.63) is 91.9 Å². The van der Waals surface area contributed by atoms with Gasteiger partial charge in [-0.2, -0.15) is 0 Å². The molecule has 0 bridgehead atoms. The minimum atomic E-state index is -1.75. The third-order valence-corrected chi connectivity index (χ3v) is 0. The van der Waals surface area contributed by atoms with Gasteiger partial charge in [0.05, 0.1) is 30.5 Å². The maximum absolute atomic E-state index is 8.25. The zero-order chi connectivity index (χ0) is 21.5. The first-order valence-corrected chi connectivity index (χ1v) is 3.29. The van der Waals surface area contributed by atoms with Gasteiger partial charge in [0.2, 0.25) is 0 Å². The Morgan fingerprint density at radius 2 is 0.308 bits per heavy atom. The Morgan fingerprint density at radius 1 is 0.308 bits per heavy atom. The van der Waals surface area contributed by atoms with Crippen LogP contribution >= 0.6 is 0 Å². The number of rotatable bonds is 0. The van der Waals surface area contributed by atoms with Crippen molar-refractivity contribution in [2.75, 3.05) is 0 Å². The van der Waals surface area contributed by atoms with Crippen LogP contribution in [0.2, 0.25) is 0 Å². The first-order valence-electron chi connectivity index (χ1n) is 3.29. The maximum atomic E-state index is 8.25. The Morgan fingerprint density at radius 3 is 0.308 bits per heavy atom. The van der Waals surface area contributed by atoms with Crippen LogP contribution in [0.25, 0.3) is 0 Å². The van der Waals surface area contributed by atoms with Crippen molar-refractivity contribution in [1.82, 2.24) is 0 Å². The largest absolute Gasteiger partial charge is 3.00 e. The summed E-state index contributed by atoms with van der Waals surface area (Å²) in [5.74, 6) is 0. The van der Waals surface area contributed by atoms with E-state index in [2.05, 4.69) is 0 Å². The van der Waals surface area contributed by atoms with Crippen molar-refractivity contribution in [2.45, 2.75) is 0 Å². The van der Waals surface area contributed by atoms with Crippen molar-refractivity contribution < 1.29 is 114 Å². The fraction of sp³-hybridized carbons (Fsp3) is 0. The van der Waals surface area contributed by atoms with Gasteiger partial charge in [0.25, 0.3) is 0 Å². The van der Waals surface area contributed by atoms with Crippen molar-refractivity contribution in [3.8, 4) is 0 Å². The molecular formula is CeN6O18Pr. The predicted octanol–water partition coefficient (Wildman–Crippen LogP) is -1.43. The molecule has 0 amide bonds. The molecule has 0 aliphatic heterocycles. The number of hydrogen-bond donors (Lipinski definition) is 0. The first-order chi connectivity index (χ1) is 10.4. The summed E-state index contributed by atoms with van der Waals surface area (Å²) >= 11 is 0. The van der Waals surface area contributed by atoms with Gasteiger partial charge in [0.1, 0.15) is 0 Å². The third kappa shape index (κ3) is 2270. The molecule has 0 atom stereocenters. The second-order valence-corrected chi connectivity index (χ2v) is 1.34. The van der Waals surface area contributed by atoms with Crippen molar-refractivity contribution in [3.63, 3.8) is 0 Å². The smallest absolute Gasteiger partial charge is 0.356 e. The van der Waals surface area contributed by atoms with E-state index in [1.807, 2.05) is 0 Å². The summed E-state index contributed by atoms with van der Waals surface area (Å²) in [7, 11) is 0. The average molecular weight is 653 g/mol. The summed E-state index contributed by atoms with van der Waals surface area (Å²) in [4.78, 5) is 49.5. The number of hydrogen-bond acceptors (Lipinski definition) is 18. The molecule has 0 heterocycles. The number of nitrogens with zero attached hydrogens (tertiary/aromatic N) is 6. The van der Waals surface area contributed by atoms with E-state index in [1.54, 1.807) is 0 Å². The molecular weight excluding hydrogens is 653 g/mol. The van der Waals surface area contributed by atoms with Crippen LogP contribution in [-0.4, -0.2) is 30.5 Å². The van der Waals surface area contributed by atoms with E-state index in [4.69, 9.17) is 91.9 Å². The SMILES string of the molecule is O=[N+]([O-])[O-].O=[N+]([O-])[O-].O=[N+]([O-])[O-].O=[N+]([O-])[O-].O=[N+]([O-])[O-].O=[N+]([O-])[O-].[Ce+3].[Pr+3]. The van der Waals surface area contributed by atoms with E-state index in [9.17, 15) is 0 Å². The summed E-state index contributed by atoms with van der Waals surface area (Å²) in [6.45, 7) is 0. The monoisotopic (exact) mass is 653 g/mol. The third-order valence-electron chi connectivity index (χ3n) is 0. The molecule has 0 N–H and O–H groups in total. The standard InChI is InChI=1S/Ce.6NO3.Pr/c;6*2-1(3)4;/q+3;6*-1;+3. The van der Waals surface area contributed by atoms with Crippen LogP contribution in [0.4, 0.5) is 0 Å². The van der Waals surface area contributed by atoms with Crippen molar-refractivity contribution in [2.24, 2.45) is 0 Å². The molecule has 24 nitrogen and oxygen atoms in total. The van der Waals surface area contributed by atoms with Gasteiger partial charge in [-0.05, 0) is 0 Å². The Labute approximate surface area is 203 Å². The van der Waals surface area contributed by atoms with Gasteiger partial charge in [0.15, 0.2) is 0 Å². The van der Waals surface area contributed by atoms with Gasteiger partial charge in [-0.3, -0.25) is 0 Å². The minimum absolute atomic E-state index is 0. The van der Waals surface area contributed by atoms with Crippen molar-refractivity contribution in [1.29, 1.82) is 0 Å². The predicted molar refractivity (Wildman–Crippen MR) is 62.2 cm³/mol. The van der Waals surface area contributed by atoms with Gasteiger partial charge in [-0.15, -0.1) is 0 Å². The summed E-state index contributed by atoms with van der Waals surface area (Å²) < 4.78 is 0. The zero-order valence-corrected chi connectivity index (χ0v) is 18.0. The van der Waals surface area contributed by atoms with E-state index >= 15 is 0 Å². The van der Waals surface area contributed by atoms with E-state index < -0.39 is 30.5 Å². The average Bonchev–Trinajstić information content (AvgIpc) is 2.08. The van der Waals surface area contributed by atoms with Crippen LogP contribution in [0.1, 0.15) is 0 Å². The molecule has 0 fully saturated rings. The van der Waals surface area contributed by atoms with Crippen LogP contribution in [0.3, 0.4) is 0 Å². The summed E-state index contributed by atoms with van der Waals surface area (Å²) in [5.41, 5.74) is 0. The molecule has 0 aliphatic rings. The van der Waals surface area contributed by atoms with Crippen LogP contribution < -0.4 is 0 Å². The van der Waals surface area contributed by atoms with E-state index in [1.165, 1.54) is 0 Å². The summed E-state index contributed by atoms with van der Waals surface area (Å²) in [6, 6.07) is 0. The summed E-state index contributed by atoms with van der Waals surface area (Å²) in [5, 5.41) is 88.5. The summed E-state index contributed by atoms with van der Waals surface area (Å²) in [6.07, 6.45) is 0. The van der Waals surface area contributed by atoms with Gasteiger partial charge in [-0.25, -0.2) is 0 Å². The van der Waals surface area contributed by atoms with E-state index in [0.29, 0.717) is 0 Å². The van der Waals surface area contributed by atoms with E-state index in [-0.39, 0.29) is 83.0 Å². The fourth-order valence-electron chi connectivity index (χ4n) is 0. The topological polar surface area (TPSA) is 397 Å². The molecule has 0 rings (SSSR count). The molecule has 0 spiro atoms. The molecule has 0 aromatic rings. The molecule has 0 saturated carbocycles. The Bertz CT molecular complexity index is 263. The zero-order valence-electron chi connectivity index (χ0n) is 11.1. The first kappa shape index (κ1) is 49.6. The maximum Gasteiger partial charge on any atom is 3.00 e. The molecule has 26 heavy (non-hydrogen) atoms. The van der Waals surface area contributed by atoms with Crippen LogP contribution in [0.5, 0.6) is 0 Å². The van der Waals surface area contributed by atoms with Crippen LogP contribution in [-0.2, 0) is 0 Å². The van der Waals surface area contributed by atoms with Crippen molar-refractivity contribution >= 4 is 0 Å². The molecule has 0 aromatic heterocycles. The Hall–Kier alpha value is -2.06. The van der Waals surface area contributed by atoms with Crippen LogP contribution in [0, 0.1) is 175 Å². The molecule has 26 heteroatoms. The normalized spacial score (nSPS) is 5.54. The molecule has 1 radical (unpaired) electrons. The van der Waals surface area contributed by atoms with Gasteiger partial charge >= 0.3 is 83.0 Å². The second kappa shape index (κ2) is 43.5. The molecule has 145 valence electrons. The van der Waals surface area contributed by atoms with Gasteiger partial charge in [-0.1, -0.05) is 0 Å². The fourth-order valence-corrected chi connectivity index (χ4v) is 0. The molecule has 0 aromatic carbocycles. The molecule has 0 saturated heterocycles. The Kier molecular flexibility index (Phi) is 82.9. The molecule has 0 aliphatic carbocycles. The van der Waals surface area contributed by atoms with Crippen LogP contribution in [0.15, 0.2) is 0 Å². The second-order valence-electron chi connectivity index (χ2n) is 1.34. The van der Waals surface area contributed by atoms with E-state index in [0.717, 1.165) is 0 Å². The van der Waals surface area contributed by atoms with Gasteiger partial charge < -0.3 is 91.9 Å². The Balaban J connectivity index is -0.0000000245.